The number of carbonyl (C=O) groups is 1. The van der Waals surface area contributed by atoms with Gasteiger partial charge in [-0.1, -0.05) is 91.0 Å². The smallest absolute Gasteiger partial charge is 0.153 e. The van der Waals surface area contributed by atoms with Crippen molar-refractivity contribution in [2.45, 2.75) is 32.2 Å². The normalized spacial score (nSPS) is 19.8. The van der Waals surface area contributed by atoms with Crippen molar-refractivity contribution in [2.24, 2.45) is 5.92 Å². The number of nitrogens with one attached hydrogen (secondary N) is 1. The second-order valence-corrected chi connectivity index (χ2v) is 11.6. The highest BCUT2D eigenvalue weighted by Crippen LogP contribution is 2.26. The van der Waals surface area contributed by atoms with E-state index in [9.17, 15) is 4.79 Å². The van der Waals surface area contributed by atoms with Gasteiger partial charge < -0.3 is 5.32 Å². The highest BCUT2D eigenvalue weighted by Gasteiger charge is 2.27. The van der Waals surface area contributed by atoms with Crippen LogP contribution in [0.4, 0.5) is 0 Å². The molecule has 1 fully saturated rings. The van der Waals surface area contributed by atoms with Crippen LogP contribution >= 0.6 is 0 Å². The number of nitrogens with zero attached hydrogens (tertiary/aromatic N) is 2. The molecule has 2 aliphatic carbocycles. The van der Waals surface area contributed by atoms with Crippen molar-refractivity contribution in [3.63, 3.8) is 0 Å². The number of hydrogen-bond acceptors (Lipinski definition) is 4. The van der Waals surface area contributed by atoms with Gasteiger partial charge in [-0.05, 0) is 76.6 Å². The van der Waals surface area contributed by atoms with E-state index in [4.69, 9.17) is 0 Å². The van der Waals surface area contributed by atoms with E-state index < -0.39 is 0 Å². The SMILES string of the molecule is C1=CC=CNC=C1.CC(c1ccccc1)N1CCN(CC(=O)C2C=c3c(ccc4c3=CCc3ccccc3-4)CC2)CC1. The molecule has 42 heavy (non-hydrogen) atoms. The van der Waals surface area contributed by atoms with Crippen molar-refractivity contribution in [1.29, 1.82) is 0 Å². The van der Waals surface area contributed by atoms with Gasteiger partial charge in [0.15, 0.2) is 5.78 Å². The van der Waals surface area contributed by atoms with Gasteiger partial charge in [0.1, 0.15) is 0 Å². The zero-order valence-electron chi connectivity index (χ0n) is 24.6. The number of aryl methyl sites for hydroxylation is 1. The van der Waals surface area contributed by atoms with Crippen molar-refractivity contribution in [3.8, 4) is 11.1 Å². The summed E-state index contributed by atoms with van der Waals surface area (Å²) in [4.78, 5) is 18.3. The fourth-order valence-electron chi connectivity index (χ4n) is 6.57. The molecule has 0 saturated carbocycles. The van der Waals surface area contributed by atoms with E-state index in [0.29, 0.717) is 18.4 Å². The highest BCUT2D eigenvalue weighted by atomic mass is 16.1. The van der Waals surface area contributed by atoms with Crippen LogP contribution in [0, 0.1) is 5.92 Å². The van der Waals surface area contributed by atoms with Gasteiger partial charge in [-0.25, -0.2) is 0 Å². The van der Waals surface area contributed by atoms with Crippen molar-refractivity contribution >= 4 is 17.9 Å². The molecule has 0 bridgehead atoms. The molecule has 4 heteroatoms. The first-order valence-corrected chi connectivity index (χ1v) is 15.4. The van der Waals surface area contributed by atoms with Crippen LogP contribution in [0.25, 0.3) is 23.3 Å². The Hall–Kier alpha value is -3.99. The van der Waals surface area contributed by atoms with Crippen LogP contribution in [0.3, 0.4) is 0 Å². The van der Waals surface area contributed by atoms with E-state index in [1.54, 1.807) is 0 Å². The number of carbonyl (C=O) groups excluding carboxylic acids is 1. The molecule has 2 heterocycles. The maximum Gasteiger partial charge on any atom is 0.153 e. The minimum atomic E-state index is 0.0286. The lowest BCUT2D eigenvalue weighted by molar-refractivity contribution is -0.122. The number of fused-ring (bicyclic) bond motifs is 5. The van der Waals surface area contributed by atoms with Crippen LogP contribution in [0.5, 0.6) is 0 Å². The third kappa shape index (κ3) is 6.41. The molecule has 4 nitrogen and oxygen atoms in total. The molecule has 4 aliphatic rings. The fraction of sp³-hybridized carbons (Fsp3) is 0.289. The number of Topliss-reactive ketones (excluding diaryl/α,β-unsaturated/α-hetero) is 1. The Labute approximate surface area is 250 Å². The van der Waals surface area contributed by atoms with E-state index in [-0.39, 0.29) is 5.92 Å². The van der Waals surface area contributed by atoms with E-state index in [1.807, 2.05) is 36.7 Å². The third-order valence-corrected chi connectivity index (χ3v) is 9.05. The molecule has 3 aromatic rings. The van der Waals surface area contributed by atoms with Crippen LogP contribution in [0.1, 0.15) is 36.1 Å². The molecule has 0 spiro atoms. The fourth-order valence-corrected chi connectivity index (χ4v) is 6.57. The molecule has 1 N–H and O–H groups in total. The average Bonchev–Trinajstić information content (AvgIpc) is 3.38. The molecule has 2 atom stereocenters. The average molecular weight is 556 g/mol. The van der Waals surface area contributed by atoms with Crippen LogP contribution < -0.4 is 15.8 Å². The van der Waals surface area contributed by atoms with Crippen LogP contribution in [0.2, 0.25) is 0 Å². The Kier molecular flexibility index (Phi) is 8.93. The Morgan fingerprint density at radius 1 is 0.810 bits per heavy atom. The number of rotatable bonds is 5. The maximum atomic E-state index is 13.4. The molecular formula is C38H41N3O. The Morgan fingerprint density at radius 2 is 1.55 bits per heavy atom. The van der Waals surface area contributed by atoms with E-state index in [2.05, 4.69) is 101 Å². The zero-order chi connectivity index (χ0) is 28.7. The third-order valence-electron chi connectivity index (χ3n) is 9.05. The predicted octanol–water partition coefficient (Wildman–Crippen LogP) is 5.15. The van der Waals surface area contributed by atoms with Gasteiger partial charge in [-0.2, -0.15) is 0 Å². The van der Waals surface area contributed by atoms with Crippen molar-refractivity contribution in [2.75, 3.05) is 32.7 Å². The molecule has 1 saturated heterocycles. The van der Waals surface area contributed by atoms with Crippen molar-refractivity contribution < 1.29 is 4.79 Å². The van der Waals surface area contributed by atoms with E-state index in [1.165, 1.54) is 38.3 Å². The predicted molar refractivity (Wildman–Crippen MR) is 174 cm³/mol. The second-order valence-electron chi connectivity index (χ2n) is 11.6. The number of allylic oxidation sites excluding steroid dienone is 4. The zero-order valence-corrected chi connectivity index (χ0v) is 24.6. The van der Waals surface area contributed by atoms with Crippen molar-refractivity contribution in [3.05, 3.63) is 131 Å². The van der Waals surface area contributed by atoms with Gasteiger partial charge >= 0.3 is 0 Å². The van der Waals surface area contributed by atoms with Crippen molar-refractivity contribution in [1.82, 2.24) is 15.1 Å². The molecule has 3 aromatic carbocycles. The van der Waals surface area contributed by atoms with Gasteiger partial charge in [0.05, 0.1) is 6.54 Å². The van der Waals surface area contributed by atoms with Gasteiger partial charge in [0, 0.05) is 50.5 Å². The summed E-state index contributed by atoms with van der Waals surface area (Å²) in [5, 5.41) is 5.57. The van der Waals surface area contributed by atoms with Gasteiger partial charge in [0.25, 0.3) is 0 Å². The quantitative estimate of drug-likeness (QED) is 0.472. The minimum Gasteiger partial charge on any atom is -0.368 e. The first-order chi connectivity index (χ1) is 20.7. The van der Waals surface area contributed by atoms with E-state index >= 15 is 0 Å². The molecule has 0 amide bonds. The van der Waals surface area contributed by atoms with Crippen LogP contribution in [-0.2, 0) is 17.6 Å². The van der Waals surface area contributed by atoms with E-state index in [0.717, 1.165) is 45.4 Å². The van der Waals surface area contributed by atoms with Crippen LogP contribution in [-0.4, -0.2) is 48.3 Å². The monoisotopic (exact) mass is 555 g/mol. The molecule has 214 valence electrons. The summed E-state index contributed by atoms with van der Waals surface area (Å²) < 4.78 is 0. The number of benzene rings is 3. The molecule has 7 rings (SSSR count). The molecule has 2 unspecified atom stereocenters. The summed E-state index contributed by atoms with van der Waals surface area (Å²) in [7, 11) is 0. The first-order valence-electron chi connectivity index (χ1n) is 15.4. The summed E-state index contributed by atoms with van der Waals surface area (Å²) in [5.74, 6) is 0.412. The van der Waals surface area contributed by atoms with Gasteiger partial charge in [-0.15, -0.1) is 0 Å². The summed E-state index contributed by atoms with van der Waals surface area (Å²) in [5.41, 5.74) is 6.82. The summed E-state index contributed by atoms with van der Waals surface area (Å²) in [6.07, 6.45) is 19.1. The second kappa shape index (κ2) is 13.3. The summed E-state index contributed by atoms with van der Waals surface area (Å²) in [6.45, 7) is 6.83. The minimum absolute atomic E-state index is 0.0286. The highest BCUT2D eigenvalue weighted by molar-refractivity contribution is 5.88. The first kappa shape index (κ1) is 28.1. The maximum absolute atomic E-state index is 13.4. The number of piperazine rings is 1. The molecule has 0 aromatic heterocycles. The lowest BCUT2D eigenvalue weighted by Gasteiger charge is -2.38. The number of hydrogen-bond donors (Lipinski definition) is 1. The lowest BCUT2D eigenvalue weighted by atomic mass is 9.83. The summed E-state index contributed by atoms with van der Waals surface area (Å²) >= 11 is 0. The Balaban J connectivity index is 0.000000397. The molecular weight excluding hydrogens is 514 g/mol. The molecule has 2 aliphatic heterocycles. The standard InChI is InChI=1S/C32H34N2O.C6H7N/c1-23(24-7-3-2-4-8-24)34-19-17-33(18-20-34)22-32(35)27-12-11-26-14-15-29-28-10-6-5-9-25(28)13-16-30(29)31(26)21-27;1-2-4-6-7-5-3-1/h2-10,14-16,21,23,27H,11-13,17-20,22H2,1H3;1-7H. The van der Waals surface area contributed by atoms with Crippen LogP contribution in [0.15, 0.2) is 103 Å². The topological polar surface area (TPSA) is 35.6 Å². The summed E-state index contributed by atoms with van der Waals surface area (Å²) in [6, 6.07) is 24.4. The van der Waals surface area contributed by atoms with Gasteiger partial charge in [-0.3, -0.25) is 14.6 Å². The largest absolute Gasteiger partial charge is 0.368 e. The Bertz CT molecular complexity index is 1600. The lowest BCUT2D eigenvalue weighted by Crippen LogP contribution is -2.49. The van der Waals surface area contributed by atoms with Gasteiger partial charge in [0.2, 0.25) is 0 Å². The molecule has 0 radical (unpaired) electrons. The number of ketones is 1. The Morgan fingerprint density at radius 3 is 2.33 bits per heavy atom.